The average Bonchev–Trinajstić information content (AvgIpc) is 2.36. The number of nitrogens with zero attached hydrogens (tertiary/aromatic N) is 2. The molecule has 1 N–H and O–H groups in total. The molecular formula is C13H18N2O4. The number of aryl methyl sites for hydroxylation is 1. The average molecular weight is 266 g/mol. The second kappa shape index (κ2) is 5.26. The Hall–Kier alpha value is -2.11. The molecule has 0 saturated carbocycles. The lowest BCUT2D eigenvalue weighted by Crippen LogP contribution is -2.50. The molecule has 0 fully saturated rings. The lowest BCUT2D eigenvalue weighted by atomic mass is 10.0. The molecule has 0 saturated heterocycles. The molecule has 19 heavy (non-hydrogen) atoms. The zero-order chi connectivity index (χ0) is 14.8. The molecule has 0 unspecified atom stereocenters. The highest BCUT2D eigenvalue weighted by atomic mass is 16.5. The first-order chi connectivity index (χ1) is 8.71. The summed E-state index contributed by atoms with van der Waals surface area (Å²) >= 11 is 0. The number of rotatable bonds is 4. The number of methoxy groups -OCH3 is 1. The van der Waals surface area contributed by atoms with Crippen LogP contribution in [0.5, 0.6) is 5.88 Å². The predicted octanol–water partition coefficient (Wildman–Crippen LogP) is 1.33. The maximum absolute atomic E-state index is 12.3. The standard InChI is InChI=1S/C13H18N2O4/c1-8-6-7-9(10(14-8)19-5)11(16)15(4)13(2,3)12(17)18/h6-7H,1-5H3,(H,17,18). The molecule has 0 aliphatic carbocycles. The maximum Gasteiger partial charge on any atom is 0.329 e. The summed E-state index contributed by atoms with van der Waals surface area (Å²) in [6, 6.07) is 3.26. The molecule has 0 spiro atoms. The van der Waals surface area contributed by atoms with Crippen molar-refractivity contribution >= 4 is 11.9 Å². The van der Waals surface area contributed by atoms with Crippen LogP contribution in [0.4, 0.5) is 0 Å². The third kappa shape index (κ3) is 2.83. The number of ether oxygens (including phenoxy) is 1. The van der Waals surface area contributed by atoms with E-state index in [4.69, 9.17) is 9.84 Å². The topological polar surface area (TPSA) is 79.7 Å². The van der Waals surface area contributed by atoms with Gasteiger partial charge in [-0.1, -0.05) is 0 Å². The van der Waals surface area contributed by atoms with Crippen LogP contribution in [0.25, 0.3) is 0 Å². The third-order valence-electron chi connectivity index (χ3n) is 3.09. The van der Waals surface area contributed by atoms with Crippen molar-refractivity contribution in [3.63, 3.8) is 0 Å². The zero-order valence-corrected chi connectivity index (χ0v) is 11.7. The molecule has 6 heteroatoms. The van der Waals surface area contributed by atoms with E-state index in [1.54, 1.807) is 19.1 Å². The van der Waals surface area contributed by atoms with Gasteiger partial charge in [0, 0.05) is 12.7 Å². The molecule has 1 heterocycles. The first kappa shape index (κ1) is 14.9. The Morgan fingerprint density at radius 1 is 1.37 bits per heavy atom. The van der Waals surface area contributed by atoms with E-state index in [2.05, 4.69) is 4.98 Å². The van der Waals surface area contributed by atoms with E-state index in [9.17, 15) is 9.59 Å². The summed E-state index contributed by atoms with van der Waals surface area (Å²) in [5, 5.41) is 9.14. The van der Waals surface area contributed by atoms with Gasteiger partial charge in [0.15, 0.2) is 0 Å². The minimum atomic E-state index is -1.31. The van der Waals surface area contributed by atoms with E-state index >= 15 is 0 Å². The summed E-state index contributed by atoms with van der Waals surface area (Å²) < 4.78 is 5.06. The number of carbonyl (C=O) groups is 2. The van der Waals surface area contributed by atoms with Crippen molar-refractivity contribution in [2.45, 2.75) is 26.3 Å². The van der Waals surface area contributed by atoms with Crippen LogP contribution in [0, 0.1) is 6.92 Å². The minimum absolute atomic E-state index is 0.193. The number of aromatic nitrogens is 1. The molecule has 0 aliphatic heterocycles. The fourth-order valence-electron chi connectivity index (χ4n) is 1.43. The Balaban J connectivity index is 3.17. The summed E-state index contributed by atoms with van der Waals surface area (Å²) in [5.41, 5.74) is -0.356. The fourth-order valence-corrected chi connectivity index (χ4v) is 1.43. The van der Waals surface area contributed by atoms with E-state index in [0.29, 0.717) is 5.69 Å². The number of hydrogen-bond acceptors (Lipinski definition) is 4. The van der Waals surface area contributed by atoms with Crippen LogP contribution in [-0.4, -0.2) is 46.6 Å². The Morgan fingerprint density at radius 2 is 1.95 bits per heavy atom. The second-order valence-electron chi connectivity index (χ2n) is 4.74. The Bertz CT molecular complexity index is 511. The van der Waals surface area contributed by atoms with Gasteiger partial charge in [-0.15, -0.1) is 0 Å². The highest BCUT2D eigenvalue weighted by molar-refractivity contribution is 5.99. The van der Waals surface area contributed by atoms with Crippen LogP contribution < -0.4 is 4.74 Å². The number of carbonyl (C=O) groups excluding carboxylic acids is 1. The van der Waals surface area contributed by atoms with Crippen molar-refractivity contribution in [1.29, 1.82) is 0 Å². The molecule has 0 atom stereocenters. The van der Waals surface area contributed by atoms with Crippen molar-refractivity contribution in [3.05, 3.63) is 23.4 Å². The van der Waals surface area contributed by atoms with Crippen molar-refractivity contribution < 1.29 is 19.4 Å². The van der Waals surface area contributed by atoms with E-state index in [0.717, 1.165) is 4.90 Å². The molecular weight excluding hydrogens is 248 g/mol. The molecule has 0 aliphatic rings. The van der Waals surface area contributed by atoms with Crippen molar-refractivity contribution in [3.8, 4) is 5.88 Å². The second-order valence-corrected chi connectivity index (χ2v) is 4.74. The number of hydrogen-bond donors (Lipinski definition) is 1. The molecule has 1 rings (SSSR count). The van der Waals surface area contributed by atoms with Gasteiger partial charge in [0.2, 0.25) is 5.88 Å². The molecule has 1 amide bonds. The minimum Gasteiger partial charge on any atom is -0.480 e. The SMILES string of the molecule is COc1nc(C)ccc1C(=O)N(C)C(C)(C)C(=O)O. The first-order valence-electron chi connectivity index (χ1n) is 5.75. The van der Waals surface area contributed by atoms with Gasteiger partial charge in [-0.05, 0) is 32.9 Å². The third-order valence-corrected chi connectivity index (χ3v) is 3.09. The molecule has 0 radical (unpaired) electrons. The normalized spacial score (nSPS) is 11.0. The lowest BCUT2D eigenvalue weighted by molar-refractivity contribution is -0.147. The number of aliphatic carboxylic acids is 1. The van der Waals surface area contributed by atoms with Crippen LogP contribution in [0.15, 0.2) is 12.1 Å². The van der Waals surface area contributed by atoms with Gasteiger partial charge >= 0.3 is 5.97 Å². The van der Waals surface area contributed by atoms with Crippen molar-refractivity contribution in [1.82, 2.24) is 9.88 Å². The molecule has 0 bridgehead atoms. The maximum atomic E-state index is 12.3. The van der Waals surface area contributed by atoms with Crippen LogP contribution in [0.1, 0.15) is 29.9 Å². The largest absolute Gasteiger partial charge is 0.480 e. The van der Waals surface area contributed by atoms with Gasteiger partial charge in [0.05, 0.1) is 7.11 Å². The highest BCUT2D eigenvalue weighted by Crippen LogP contribution is 2.22. The smallest absolute Gasteiger partial charge is 0.329 e. The van der Waals surface area contributed by atoms with Crippen LogP contribution in [0.3, 0.4) is 0 Å². The Morgan fingerprint density at radius 3 is 2.42 bits per heavy atom. The van der Waals surface area contributed by atoms with Crippen molar-refractivity contribution in [2.75, 3.05) is 14.2 Å². The number of pyridine rings is 1. The highest BCUT2D eigenvalue weighted by Gasteiger charge is 2.36. The Labute approximate surface area is 112 Å². The molecule has 6 nitrogen and oxygen atoms in total. The van der Waals surface area contributed by atoms with Gasteiger partial charge in [-0.3, -0.25) is 4.79 Å². The summed E-state index contributed by atoms with van der Waals surface area (Å²) in [6.45, 7) is 4.70. The molecule has 0 aromatic carbocycles. The predicted molar refractivity (Wildman–Crippen MR) is 69.3 cm³/mol. The monoisotopic (exact) mass is 266 g/mol. The molecule has 1 aromatic rings. The number of carboxylic acids is 1. The molecule has 1 aromatic heterocycles. The summed E-state index contributed by atoms with van der Waals surface area (Å²) in [4.78, 5) is 28.8. The fraction of sp³-hybridized carbons (Fsp3) is 0.462. The summed E-state index contributed by atoms with van der Waals surface area (Å²) in [7, 11) is 2.86. The number of likely N-dealkylation sites (N-methyl/N-ethyl adjacent to an activating group) is 1. The lowest BCUT2D eigenvalue weighted by Gasteiger charge is -2.31. The van der Waals surface area contributed by atoms with Gasteiger partial charge in [0.1, 0.15) is 11.1 Å². The number of amides is 1. The Kier molecular flexibility index (Phi) is 4.14. The van der Waals surface area contributed by atoms with E-state index < -0.39 is 17.4 Å². The van der Waals surface area contributed by atoms with E-state index in [-0.39, 0.29) is 11.4 Å². The quantitative estimate of drug-likeness (QED) is 0.889. The first-order valence-corrected chi connectivity index (χ1v) is 5.75. The summed E-state index contributed by atoms with van der Waals surface area (Å²) in [5.74, 6) is -1.34. The van der Waals surface area contributed by atoms with Gasteiger partial charge in [-0.25, -0.2) is 9.78 Å². The van der Waals surface area contributed by atoms with Gasteiger partial charge in [-0.2, -0.15) is 0 Å². The molecule has 104 valence electrons. The van der Waals surface area contributed by atoms with E-state index in [1.165, 1.54) is 28.0 Å². The van der Waals surface area contributed by atoms with Crippen molar-refractivity contribution in [2.24, 2.45) is 0 Å². The van der Waals surface area contributed by atoms with Crippen LogP contribution in [0.2, 0.25) is 0 Å². The van der Waals surface area contributed by atoms with Crippen LogP contribution in [-0.2, 0) is 4.79 Å². The number of carboxylic acid groups (broad SMARTS) is 1. The summed E-state index contributed by atoms with van der Waals surface area (Å²) in [6.07, 6.45) is 0. The van der Waals surface area contributed by atoms with Gasteiger partial charge < -0.3 is 14.7 Å². The van der Waals surface area contributed by atoms with Gasteiger partial charge in [0.25, 0.3) is 5.91 Å². The van der Waals surface area contributed by atoms with Crippen LogP contribution >= 0.6 is 0 Å². The van der Waals surface area contributed by atoms with E-state index in [1.807, 2.05) is 0 Å². The zero-order valence-electron chi connectivity index (χ0n) is 11.7.